The first-order valence-electron chi connectivity index (χ1n) is 13.8. The molecule has 2 aromatic carbocycles. The van der Waals surface area contributed by atoms with E-state index in [0.29, 0.717) is 31.3 Å². The number of rotatable bonds is 7. The molecular weight excluding hydrogens is 448 g/mol. The first kappa shape index (κ1) is 23.7. The van der Waals surface area contributed by atoms with E-state index < -0.39 is 0 Å². The van der Waals surface area contributed by atoms with Gasteiger partial charge in [0.05, 0.1) is 17.1 Å². The third kappa shape index (κ3) is 4.69. The van der Waals surface area contributed by atoms with Crippen LogP contribution in [-0.4, -0.2) is 52.2 Å². The van der Waals surface area contributed by atoms with Gasteiger partial charge < -0.3 is 14.6 Å². The summed E-state index contributed by atoms with van der Waals surface area (Å²) in [4.78, 5) is 20.7. The molecule has 0 radical (unpaired) electrons. The Hall–Kier alpha value is -2.70. The predicted molar refractivity (Wildman–Crippen MR) is 142 cm³/mol. The van der Waals surface area contributed by atoms with Crippen LogP contribution in [0, 0.1) is 12.8 Å². The van der Waals surface area contributed by atoms with Crippen molar-refractivity contribution in [2.45, 2.75) is 76.0 Å². The second-order valence-corrected chi connectivity index (χ2v) is 10.9. The first-order valence-corrected chi connectivity index (χ1v) is 13.8. The molecule has 3 fully saturated rings. The van der Waals surface area contributed by atoms with E-state index in [4.69, 9.17) is 9.72 Å². The van der Waals surface area contributed by atoms with Crippen molar-refractivity contribution in [1.82, 2.24) is 19.8 Å². The summed E-state index contributed by atoms with van der Waals surface area (Å²) in [5, 5.41) is 3.42. The number of hydrogen-bond donors (Lipinski definition) is 1. The van der Waals surface area contributed by atoms with Gasteiger partial charge in [-0.15, -0.1) is 0 Å². The maximum Gasteiger partial charge on any atom is 0.223 e. The second kappa shape index (κ2) is 10.3. The number of nitrogens with one attached hydrogen (secondary N) is 1. The Morgan fingerprint density at radius 2 is 1.67 bits per heavy atom. The number of aryl methyl sites for hydroxylation is 1. The molecule has 1 aromatic heterocycles. The molecule has 0 aliphatic carbocycles. The molecular formula is C30H38N4O2. The van der Waals surface area contributed by atoms with Crippen molar-refractivity contribution in [2.24, 2.45) is 5.92 Å². The van der Waals surface area contributed by atoms with E-state index in [1.54, 1.807) is 0 Å². The van der Waals surface area contributed by atoms with Gasteiger partial charge in [-0.25, -0.2) is 4.98 Å². The van der Waals surface area contributed by atoms with Crippen LogP contribution in [0.25, 0.3) is 11.0 Å². The Kier molecular flexibility index (Phi) is 6.81. The van der Waals surface area contributed by atoms with Crippen LogP contribution < -0.4 is 5.32 Å². The van der Waals surface area contributed by atoms with E-state index in [-0.39, 0.29) is 17.9 Å². The maximum atomic E-state index is 13.1. The minimum absolute atomic E-state index is 0.0542. The standard InChI is InChI=1S/C30H38N4O2/c1-21-31-28-9-5-6-10-29(28)34(21)26-19-24-11-12-25(20-26)33(24)16-13-27(22-7-3-2-4-8-22)32-30(35)23-14-17-36-18-15-23/h2-10,23-27H,11-20H2,1H3,(H,32,35)/t24?,25?,26?,27-/m0/s1. The van der Waals surface area contributed by atoms with Crippen molar-refractivity contribution in [3.05, 3.63) is 66.0 Å². The lowest BCUT2D eigenvalue weighted by Crippen LogP contribution is -2.45. The van der Waals surface area contributed by atoms with Crippen molar-refractivity contribution in [3.8, 4) is 0 Å². The molecule has 2 unspecified atom stereocenters. The molecule has 6 heteroatoms. The van der Waals surface area contributed by atoms with Crippen molar-refractivity contribution in [3.63, 3.8) is 0 Å². The molecule has 36 heavy (non-hydrogen) atoms. The summed E-state index contributed by atoms with van der Waals surface area (Å²) in [6, 6.07) is 20.9. The van der Waals surface area contributed by atoms with Crippen LogP contribution in [0.4, 0.5) is 0 Å². The molecule has 6 rings (SSSR count). The van der Waals surface area contributed by atoms with Gasteiger partial charge in [-0.05, 0) is 69.6 Å². The minimum atomic E-state index is 0.0542. The van der Waals surface area contributed by atoms with Gasteiger partial charge in [-0.2, -0.15) is 0 Å². The van der Waals surface area contributed by atoms with E-state index >= 15 is 0 Å². The average Bonchev–Trinajstić information content (AvgIpc) is 3.37. The lowest BCUT2D eigenvalue weighted by atomic mass is 9.94. The number of fused-ring (bicyclic) bond motifs is 3. The Bertz CT molecular complexity index is 1170. The number of carbonyl (C=O) groups is 1. The summed E-state index contributed by atoms with van der Waals surface area (Å²) < 4.78 is 7.97. The highest BCUT2D eigenvalue weighted by Crippen LogP contribution is 2.42. The Morgan fingerprint density at radius 1 is 0.972 bits per heavy atom. The maximum absolute atomic E-state index is 13.1. The number of carbonyl (C=O) groups excluding carboxylic acids is 1. The third-order valence-corrected chi connectivity index (χ3v) is 8.78. The van der Waals surface area contributed by atoms with Gasteiger partial charge in [-0.3, -0.25) is 9.69 Å². The molecule has 6 nitrogen and oxygen atoms in total. The monoisotopic (exact) mass is 486 g/mol. The average molecular weight is 487 g/mol. The molecule has 0 spiro atoms. The van der Waals surface area contributed by atoms with E-state index in [9.17, 15) is 4.79 Å². The molecule has 3 saturated heterocycles. The first-order chi connectivity index (χ1) is 17.7. The van der Waals surface area contributed by atoms with Crippen molar-refractivity contribution >= 4 is 16.9 Å². The Morgan fingerprint density at radius 3 is 2.42 bits per heavy atom. The largest absolute Gasteiger partial charge is 0.381 e. The summed E-state index contributed by atoms with van der Waals surface area (Å²) in [7, 11) is 0. The quantitative estimate of drug-likeness (QED) is 0.500. The van der Waals surface area contributed by atoms with Gasteiger partial charge in [0, 0.05) is 43.8 Å². The number of imidazole rings is 1. The van der Waals surface area contributed by atoms with Crippen LogP contribution in [0.15, 0.2) is 54.6 Å². The van der Waals surface area contributed by atoms with Gasteiger partial charge in [0.15, 0.2) is 0 Å². The Balaban J connectivity index is 1.14. The van der Waals surface area contributed by atoms with Gasteiger partial charge in [0.2, 0.25) is 5.91 Å². The highest BCUT2D eigenvalue weighted by atomic mass is 16.5. The number of hydrogen-bond acceptors (Lipinski definition) is 4. The summed E-state index contributed by atoms with van der Waals surface area (Å²) >= 11 is 0. The van der Waals surface area contributed by atoms with Crippen LogP contribution in [0.3, 0.4) is 0 Å². The van der Waals surface area contributed by atoms with Crippen molar-refractivity contribution < 1.29 is 9.53 Å². The summed E-state index contributed by atoms with van der Waals surface area (Å²) in [6.07, 6.45) is 7.52. The third-order valence-electron chi connectivity index (χ3n) is 8.78. The number of amides is 1. The Labute approximate surface area is 214 Å². The molecule has 3 atom stereocenters. The number of piperidine rings is 1. The fourth-order valence-electron chi connectivity index (χ4n) is 6.98. The lowest BCUT2D eigenvalue weighted by Gasteiger charge is -2.40. The topological polar surface area (TPSA) is 59.4 Å². The van der Waals surface area contributed by atoms with Crippen molar-refractivity contribution in [1.29, 1.82) is 0 Å². The van der Waals surface area contributed by atoms with E-state index in [1.165, 1.54) is 36.8 Å². The van der Waals surface area contributed by atoms with Gasteiger partial charge >= 0.3 is 0 Å². The van der Waals surface area contributed by atoms with Gasteiger partial charge in [0.1, 0.15) is 5.82 Å². The molecule has 4 heterocycles. The van der Waals surface area contributed by atoms with Gasteiger partial charge in [-0.1, -0.05) is 42.5 Å². The zero-order valence-corrected chi connectivity index (χ0v) is 21.3. The van der Waals surface area contributed by atoms with E-state index in [1.807, 2.05) is 6.07 Å². The fourth-order valence-corrected chi connectivity index (χ4v) is 6.98. The highest BCUT2D eigenvalue weighted by molar-refractivity contribution is 5.79. The summed E-state index contributed by atoms with van der Waals surface area (Å²) in [6.45, 7) is 4.56. The fraction of sp³-hybridized carbons (Fsp3) is 0.533. The lowest BCUT2D eigenvalue weighted by molar-refractivity contribution is -0.128. The zero-order valence-electron chi connectivity index (χ0n) is 21.3. The van der Waals surface area contributed by atoms with E-state index in [0.717, 1.165) is 37.1 Å². The van der Waals surface area contributed by atoms with Crippen LogP contribution in [-0.2, 0) is 9.53 Å². The molecule has 2 bridgehead atoms. The molecule has 1 amide bonds. The summed E-state index contributed by atoms with van der Waals surface area (Å²) in [5.74, 6) is 1.40. The van der Waals surface area contributed by atoms with Crippen LogP contribution in [0.1, 0.15) is 68.4 Å². The molecule has 190 valence electrons. The number of ether oxygens (including phenoxy) is 1. The minimum Gasteiger partial charge on any atom is -0.381 e. The van der Waals surface area contributed by atoms with Crippen LogP contribution >= 0.6 is 0 Å². The molecule has 3 aliphatic rings. The SMILES string of the molecule is Cc1nc2ccccc2n1C1CC2CCC(C1)N2CC[C@H](NC(=O)C1CCOCC1)c1ccccc1. The van der Waals surface area contributed by atoms with Crippen molar-refractivity contribution in [2.75, 3.05) is 19.8 Å². The smallest absolute Gasteiger partial charge is 0.223 e. The highest BCUT2D eigenvalue weighted by Gasteiger charge is 2.41. The second-order valence-electron chi connectivity index (χ2n) is 10.9. The van der Waals surface area contributed by atoms with Gasteiger partial charge in [0.25, 0.3) is 0 Å². The number of para-hydroxylation sites is 2. The molecule has 1 N–H and O–H groups in total. The molecule has 0 saturated carbocycles. The summed E-state index contributed by atoms with van der Waals surface area (Å²) in [5.41, 5.74) is 3.59. The normalized spacial score (nSPS) is 25.8. The van der Waals surface area contributed by atoms with Crippen LogP contribution in [0.2, 0.25) is 0 Å². The zero-order chi connectivity index (χ0) is 24.5. The molecule has 3 aromatic rings. The molecule has 3 aliphatic heterocycles. The number of benzene rings is 2. The van der Waals surface area contributed by atoms with Crippen LogP contribution in [0.5, 0.6) is 0 Å². The van der Waals surface area contributed by atoms with E-state index in [2.05, 4.69) is 70.2 Å². The predicted octanol–water partition coefficient (Wildman–Crippen LogP) is 5.19. The number of aromatic nitrogens is 2. The number of nitrogens with zero attached hydrogens (tertiary/aromatic N) is 3.